The first kappa shape index (κ1) is 13.0. The highest BCUT2D eigenvalue weighted by Gasteiger charge is 2.43. The largest absolute Gasteiger partial charge is 0.374 e. The van der Waals surface area contributed by atoms with Crippen LogP contribution in [0, 0.1) is 5.92 Å². The molecule has 0 radical (unpaired) electrons. The summed E-state index contributed by atoms with van der Waals surface area (Å²) in [6.07, 6.45) is 4.18. The third kappa shape index (κ3) is 3.07. The predicted molar refractivity (Wildman–Crippen MR) is 64.6 cm³/mol. The molecule has 0 N–H and O–H groups in total. The zero-order chi connectivity index (χ0) is 12.5. The topological polar surface area (TPSA) is 60.4 Å². The van der Waals surface area contributed by atoms with Gasteiger partial charge in [0.15, 0.2) is 0 Å². The molecular weight excluding hydrogens is 240 g/mol. The second-order valence-corrected chi connectivity index (χ2v) is 7.50. The number of hydrogen-bond acceptors (Lipinski definition) is 4. The van der Waals surface area contributed by atoms with Crippen LogP contribution in [0.3, 0.4) is 0 Å². The molecule has 0 aliphatic carbocycles. The van der Waals surface area contributed by atoms with Gasteiger partial charge in [0, 0.05) is 18.1 Å². The molecule has 2 aliphatic heterocycles. The van der Waals surface area contributed by atoms with E-state index in [2.05, 4.69) is 0 Å². The van der Waals surface area contributed by atoms with Gasteiger partial charge in [-0.05, 0) is 25.7 Å². The standard InChI is InChI=1S/C12H20O4S/c1-2-17(14,15)7-3-4-11(13)10-8-9-5-6-12(10)16-9/h9-10,12H,2-8H2,1H3. The Kier molecular flexibility index (Phi) is 3.88. The van der Waals surface area contributed by atoms with E-state index in [9.17, 15) is 13.2 Å². The molecule has 17 heavy (non-hydrogen) atoms. The zero-order valence-electron chi connectivity index (χ0n) is 10.2. The number of ether oxygens (including phenoxy) is 1. The first-order valence-electron chi connectivity index (χ1n) is 6.40. The fourth-order valence-electron chi connectivity index (χ4n) is 2.77. The first-order valence-corrected chi connectivity index (χ1v) is 8.22. The fraction of sp³-hybridized carbons (Fsp3) is 0.917. The highest BCUT2D eigenvalue weighted by molar-refractivity contribution is 7.91. The highest BCUT2D eigenvalue weighted by atomic mass is 32.2. The number of rotatable bonds is 6. The molecule has 2 heterocycles. The Balaban J connectivity index is 1.75. The lowest BCUT2D eigenvalue weighted by atomic mass is 9.85. The highest BCUT2D eigenvalue weighted by Crippen LogP contribution is 2.39. The smallest absolute Gasteiger partial charge is 0.150 e. The van der Waals surface area contributed by atoms with Gasteiger partial charge in [0.25, 0.3) is 0 Å². The van der Waals surface area contributed by atoms with Crippen LogP contribution < -0.4 is 0 Å². The summed E-state index contributed by atoms with van der Waals surface area (Å²) in [4.78, 5) is 11.9. The van der Waals surface area contributed by atoms with E-state index in [0.29, 0.717) is 12.8 Å². The lowest BCUT2D eigenvalue weighted by molar-refractivity contribution is -0.124. The van der Waals surface area contributed by atoms with Gasteiger partial charge in [-0.15, -0.1) is 0 Å². The number of hydrogen-bond donors (Lipinski definition) is 0. The molecule has 0 spiro atoms. The summed E-state index contributed by atoms with van der Waals surface area (Å²) in [7, 11) is -2.93. The molecule has 98 valence electrons. The summed E-state index contributed by atoms with van der Waals surface area (Å²) >= 11 is 0. The van der Waals surface area contributed by atoms with Crippen molar-refractivity contribution >= 4 is 15.6 Å². The van der Waals surface area contributed by atoms with Crippen LogP contribution in [0.1, 0.15) is 39.0 Å². The van der Waals surface area contributed by atoms with Gasteiger partial charge in [0.2, 0.25) is 0 Å². The van der Waals surface area contributed by atoms with Crippen molar-refractivity contribution in [2.75, 3.05) is 11.5 Å². The first-order chi connectivity index (χ1) is 8.02. The molecule has 0 aromatic carbocycles. The summed E-state index contributed by atoms with van der Waals surface area (Å²) < 4.78 is 28.2. The molecule has 2 aliphatic rings. The van der Waals surface area contributed by atoms with Crippen LogP contribution in [0.5, 0.6) is 0 Å². The second-order valence-electron chi connectivity index (χ2n) is 5.02. The predicted octanol–water partition coefficient (Wildman–Crippen LogP) is 1.34. The molecule has 4 nitrogen and oxygen atoms in total. The maximum atomic E-state index is 11.9. The lowest BCUT2D eigenvalue weighted by Crippen LogP contribution is -2.25. The molecule has 2 rings (SSSR count). The van der Waals surface area contributed by atoms with E-state index < -0.39 is 9.84 Å². The van der Waals surface area contributed by atoms with Gasteiger partial charge >= 0.3 is 0 Å². The normalized spacial score (nSPS) is 31.9. The van der Waals surface area contributed by atoms with E-state index in [1.54, 1.807) is 6.92 Å². The van der Waals surface area contributed by atoms with Crippen molar-refractivity contribution in [3.05, 3.63) is 0 Å². The molecule has 3 unspecified atom stereocenters. The molecule has 0 aromatic heterocycles. The third-order valence-electron chi connectivity index (χ3n) is 3.84. The Morgan fingerprint density at radius 2 is 2.12 bits per heavy atom. The van der Waals surface area contributed by atoms with Crippen LogP contribution in [0.15, 0.2) is 0 Å². The molecule has 0 amide bonds. The van der Waals surface area contributed by atoms with E-state index in [0.717, 1.165) is 19.3 Å². The average molecular weight is 260 g/mol. The van der Waals surface area contributed by atoms with Crippen molar-refractivity contribution < 1.29 is 17.9 Å². The number of fused-ring (bicyclic) bond motifs is 2. The van der Waals surface area contributed by atoms with Gasteiger partial charge in [-0.25, -0.2) is 8.42 Å². The lowest BCUT2D eigenvalue weighted by Gasteiger charge is -2.16. The van der Waals surface area contributed by atoms with Crippen molar-refractivity contribution in [1.82, 2.24) is 0 Å². The van der Waals surface area contributed by atoms with Crippen molar-refractivity contribution in [3.63, 3.8) is 0 Å². The van der Waals surface area contributed by atoms with Crippen LogP contribution in [0.25, 0.3) is 0 Å². The van der Waals surface area contributed by atoms with Gasteiger partial charge in [-0.2, -0.15) is 0 Å². The molecule has 0 aromatic rings. The minimum atomic E-state index is -2.93. The number of carbonyl (C=O) groups excluding carboxylic acids is 1. The third-order valence-corrected chi connectivity index (χ3v) is 5.63. The van der Waals surface area contributed by atoms with Crippen LogP contribution in [0.4, 0.5) is 0 Å². The molecule has 5 heteroatoms. The van der Waals surface area contributed by atoms with Gasteiger partial charge in [0.1, 0.15) is 15.6 Å². The fourth-order valence-corrected chi connectivity index (χ4v) is 3.65. The Morgan fingerprint density at radius 3 is 2.65 bits per heavy atom. The molecule has 2 bridgehead atoms. The second kappa shape index (κ2) is 5.06. The average Bonchev–Trinajstić information content (AvgIpc) is 2.90. The van der Waals surface area contributed by atoms with Crippen molar-refractivity contribution in [2.24, 2.45) is 5.92 Å². The molecule has 2 fully saturated rings. The van der Waals surface area contributed by atoms with E-state index in [-0.39, 0.29) is 35.4 Å². The maximum absolute atomic E-state index is 11.9. The van der Waals surface area contributed by atoms with Gasteiger partial charge in [0.05, 0.1) is 18.0 Å². The summed E-state index contributed by atoms with van der Waals surface area (Å²) in [6.45, 7) is 1.64. The number of carbonyl (C=O) groups is 1. The molecule has 2 saturated heterocycles. The minimum Gasteiger partial charge on any atom is -0.374 e. The summed E-state index contributed by atoms with van der Waals surface area (Å²) in [5, 5.41) is 0. The van der Waals surface area contributed by atoms with Gasteiger partial charge in [-0.1, -0.05) is 6.92 Å². The molecule has 0 saturated carbocycles. The van der Waals surface area contributed by atoms with Gasteiger partial charge in [-0.3, -0.25) is 4.79 Å². The Labute approximate surface area is 103 Å². The monoisotopic (exact) mass is 260 g/mol. The van der Waals surface area contributed by atoms with Crippen LogP contribution in [-0.2, 0) is 19.4 Å². The Hall–Kier alpha value is -0.420. The van der Waals surface area contributed by atoms with E-state index in [1.807, 2.05) is 0 Å². The number of Topliss-reactive ketones (excluding diaryl/α,β-unsaturated/α-hetero) is 1. The Morgan fingerprint density at radius 1 is 1.35 bits per heavy atom. The quantitative estimate of drug-likeness (QED) is 0.723. The molecule has 3 atom stereocenters. The van der Waals surface area contributed by atoms with Crippen molar-refractivity contribution in [3.8, 4) is 0 Å². The summed E-state index contributed by atoms with van der Waals surface area (Å²) in [5.74, 6) is 0.539. The Bertz CT molecular complexity index is 387. The van der Waals surface area contributed by atoms with E-state index in [4.69, 9.17) is 4.74 Å². The minimum absolute atomic E-state index is 0.0399. The number of sulfone groups is 1. The van der Waals surface area contributed by atoms with Crippen LogP contribution >= 0.6 is 0 Å². The maximum Gasteiger partial charge on any atom is 0.150 e. The summed E-state index contributed by atoms with van der Waals surface area (Å²) in [5.41, 5.74) is 0. The van der Waals surface area contributed by atoms with E-state index in [1.165, 1.54) is 0 Å². The van der Waals surface area contributed by atoms with Crippen molar-refractivity contribution in [2.45, 2.75) is 51.2 Å². The molecular formula is C12H20O4S. The van der Waals surface area contributed by atoms with Crippen LogP contribution in [-0.4, -0.2) is 37.9 Å². The zero-order valence-corrected chi connectivity index (χ0v) is 11.0. The van der Waals surface area contributed by atoms with Crippen molar-refractivity contribution in [1.29, 1.82) is 0 Å². The van der Waals surface area contributed by atoms with Gasteiger partial charge < -0.3 is 4.74 Å². The number of ketones is 1. The SMILES string of the molecule is CCS(=O)(=O)CCCC(=O)C1CC2CCC1O2. The van der Waals surface area contributed by atoms with Crippen LogP contribution in [0.2, 0.25) is 0 Å². The van der Waals surface area contributed by atoms with E-state index >= 15 is 0 Å². The summed E-state index contributed by atoms with van der Waals surface area (Å²) in [6, 6.07) is 0.